The van der Waals surface area contributed by atoms with Crippen molar-refractivity contribution >= 4 is 32.5 Å². The van der Waals surface area contributed by atoms with Crippen LogP contribution in [0.3, 0.4) is 0 Å². The van der Waals surface area contributed by atoms with E-state index in [-0.39, 0.29) is 23.4 Å². The predicted molar refractivity (Wildman–Crippen MR) is 109 cm³/mol. The quantitative estimate of drug-likeness (QED) is 0.257. The van der Waals surface area contributed by atoms with Gasteiger partial charge in [0.1, 0.15) is 5.01 Å². The van der Waals surface area contributed by atoms with Gasteiger partial charge in [0, 0.05) is 10.9 Å². The average molecular weight is 457 g/mol. The van der Waals surface area contributed by atoms with E-state index >= 15 is 0 Å². The number of unbranched alkanes of at least 4 members (excludes halogenated alkanes) is 1. The van der Waals surface area contributed by atoms with Crippen LogP contribution in [0.5, 0.6) is 0 Å². The Morgan fingerprint density at radius 1 is 0.968 bits per heavy atom. The number of fused-ring (bicyclic) bond motifs is 2. The second kappa shape index (κ2) is 7.83. The molecule has 0 bridgehead atoms. The first kappa shape index (κ1) is 21.6. The van der Waals surface area contributed by atoms with E-state index in [4.69, 9.17) is 5.73 Å². The summed E-state index contributed by atoms with van der Waals surface area (Å²) >= 11 is 1.27. The number of nitrogens with one attached hydrogen (secondary N) is 1. The van der Waals surface area contributed by atoms with Crippen molar-refractivity contribution in [2.24, 2.45) is 5.73 Å². The SMILES string of the molecule is NCCCCc1c(-c2nc3ccccc3s2)[nH]c2cc(C(F)(F)F)cc(C(F)(F)F)c12. The molecule has 0 aliphatic carbocycles. The molecule has 0 aliphatic heterocycles. The van der Waals surface area contributed by atoms with Crippen LogP contribution < -0.4 is 5.73 Å². The molecule has 0 aliphatic rings. The summed E-state index contributed by atoms with van der Waals surface area (Å²) in [5.41, 5.74) is 3.96. The molecule has 0 atom stereocenters. The van der Waals surface area contributed by atoms with Gasteiger partial charge in [-0.15, -0.1) is 11.3 Å². The largest absolute Gasteiger partial charge is 0.417 e. The number of halogens is 6. The Kier molecular flexibility index (Phi) is 5.47. The molecule has 4 rings (SSSR count). The van der Waals surface area contributed by atoms with Gasteiger partial charge in [-0.2, -0.15) is 26.3 Å². The van der Waals surface area contributed by atoms with Crippen molar-refractivity contribution in [3.8, 4) is 10.7 Å². The van der Waals surface area contributed by atoms with E-state index in [2.05, 4.69) is 9.97 Å². The summed E-state index contributed by atoms with van der Waals surface area (Å²) in [5, 5.41) is 0.189. The second-order valence-electron chi connectivity index (χ2n) is 7.15. The molecule has 0 fully saturated rings. The number of nitrogens with zero attached hydrogens (tertiary/aromatic N) is 1. The number of aromatic nitrogens is 2. The normalized spacial score (nSPS) is 12.9. The number of alkyl halides is 6. The van der Waals surface area contributed by atoms with Crippen LogP contribution in [0, 0.1) is 0 Å². The molecular weight excluding hydrogens is 440 g/mol. The Bertz CT molecular complexity index is 1200. The molecule has 3 nitrogen and oxygen atoms in total. The minimum absolute atomic E-state index is 0.185. The number of aryl methyl sites for hydroxylation is 1. The summed E-state index contributed by atoms with van der Waals surface area (Å²) in [6.07, 6.45) is -8.55. The Hall–Kier alpha value is -2.59. The van der Waals surface area contributed by atoms with Crippen molar-refractivity contribution in [3.63, 3.8) is 0 Å². The smallest absolute Gasteiger partial charge is 0.352 e. The molecule has 0 unspecified atom stereocenters. The van der Waals surface area contributed by atoms with Gasteiger partial charge in [0.25, 0.3) is 0 Å². The fourth-order valence-electron chi connectivity index (χ4n) is 3.65. The first-order valence-corrected chi connectivity index (χ1v) is 10.3. The summed E-state index contributed by atoms with van der Waals surface area (Å²) in [6.45, 7) is 0.364. The van der Waals surface area contributed by atoms with E-state index in [9.17, 15) is 26.3 Å². The predicted octanol–water partition coefficient (Wildman–Crippen LogP) is 6.76. The van der Waals surface area contributed by atoms with Crippen molar-refractivity contribution in [1.82, 2.24) is 9.97 Å². The third-order valence-electron chi connectivity index (χ3n) is 5.02. The number of nitrogens with two attached hydrogens (primary N) is 1. The van der Waals surface area contributed by atoms with Crippen LogP contribution in [0.15, 0.2) is 36.4 Å². The number of rotatable bonds is 5. The van der Waals surface area contributed by atoms with Gasteiger partial charge in [0.15, 0.2) is 0 Å². The lowest BCUT2D eigenvalue weighted by Crippen LogP contribution is -2.11. The number of thiazole rings is 1. The van der Waals surface area contributed by atoms with Gasteiger partial charge in [-0.3, -0.25) is 0 Å². The number of hydrogen-bond acceptors (Lipinski definition) is 3. The maximum Gasteiger partial charge on any atom is 0.417 e. The lowest BCUT2D eigenvalue weighted by molar-refractivity contribution is -0.142. The van der Waals surface area contributed by atoms with Crippen LogP contribution in [0.1, 0.15) is 29.5 Å². The van der Waals surface area contributed by atoms with Crippen molar-refractivity contribution in [3.05, 3.63) is 53.1 Å². The van der Waals surface area contributed by atoms with Crippen LogP contribution in [0.4, 0.5) is 26.3 Å². The minimum Gasteiger partial charge on any atom is -0.352 e. The molecule has 0 saturated heterocycles. The van der Waals surface area contributed by atoms with Gasteiger partial charge in [0.05, 0.1) is 27.0 Å². The first-order valence-electron chi connectivity index (χ1n) is 9.48. The number of benzene rings is 2. The molecule has 3 N–H and O–H groups in total. The van der Waals surface area contributed by atoms with Crippen molar-refractivity contribution in [2.45, 2.75) is 31.6 Å². The van der Waals surface area contributed by atoms with Crippen LogP contribution in [-0.4, -0.2) is 16.5 Å². The Morgan fingerprint density at radius 2 is 1.71 bits per heavy atom. The maximum absolute atomic E-state index is 13.8. The van der Waals surface area contributed by atoms with Gasteiger partial charge in [-0.05, 0) is 55.6 Å². The highest BCUT2D eigenvalue weighted by Crippen LogP contribution is 2.44. The Morgan fingerprint density at radius 3 is 2.35 bits per heavy atom. The average Bonchev–Trinajstić information content (AvgIpc) is 3.27. The van der Waals surface area contributed by atoms with E-state index in [1.807, 2.05) is 12.1 Å². The molecule has 31 heavy (non-hydrogen) atoms. The molecule has 2 heterocycles. The highest BCUT2D eigenvalue weighted by atomic mass is 32.1. The maximum atomic E-state index is 13.8. The third-order valence-corrected chi connectivity index (χ3v) is 6.08. The van der Waals surface area contributed by atoms with Crippen molar-refractivity contribution in [1.29, 1.82) is 0 Å². The molecule has 0 saturated carbocycles. The summed E-state index contributed by atoms with van der Waals surface area (Å²) in [4.78, 5) is 7.30. The number of aromatic amines is 1. The molecule has 10 heteroatoms. The Labute approximate surface area is 176 Å². The summed E-state index contributed by atoms with van der Waals surface area (Å²) < 4.78 is 82.2. The molecule has 0 amide bonds. The first-order chi connectivity index (χ1) is 14.6. The highest BCUT2D eigenvalue weighted by Gasteiger charge is 2.39. The van der Waals surface area contributed by atoms with Crippen LogP contribution in [-0.2, 0) is 18.8 Å². The van der Waals surface area contributed by atoms with E-state index in [0.717, 1.165) is 10.8 Å². The molecule has 2 aromatic carbocycles. The van der Waals surface area contributed by atoms with E-state index in [1.54, 1.807) is 12.1 Å². The number of H-pyrrole nitrogens is 1. The second-order valence-corrected chi connectivity index (χ2v) is 8.18. The zero-order valence-corrected chi connectivity index (χ0v) is 16.8. The van der Waals surface area contributed by atoms with Crippen LogP contribution >= 0.6 is 11.3 Å². The molecule has 4 aromatic rings. The van der Waals surface area contributed by atoms with Crippen LogP contribution in [0.25, 0.3) is 31.8 Å². The fourth-order valence-corrected chi connectivity index (χ4v) is 4.64. The lowest BCUT2D eigenvalue weighted by Gasteiger charge is -2.14. The van der Waals surface area contributed by atoms with E-state index < -0.39 is 23.5 Å². The highest BCUT2D eigenvalue weighted by molar-refractivity contribution is 7.21. The molecule has 0 spiro atoms. The van der Waals surface area contributed by atoms with E-state index in [0.29, 0.717) is 41.2 Å². The monoisotopic (exact) mass is 457 g/mol. The van der Waals surface area contributed by atoms with Crippen LogP contribution in [0.2, 0.25) is 0 Å². The van der Waals surface area contributed by atoms with Crippen molar-refractivity contribution in [2.75, 3.05) is 6.54 Å². The topological polar surface area (TPSA) is 54.7 Å². The summed E-state index contributed by atoms with van der Waals surface area (Å²) in [6, 6.07) is 8.12. The van der Waals surface area contributed by atoms with E-state index in [1.165, 1.54) is 11.3 Å². The lowest BCUT2D eigenvalue weighted by atomic mass is 9.97. The molecular formula is C21H17F6N3S. The number of hydrogen-bond donors (Lipinski definition) is 2. The molecule has 0 radical (unpaired) electrons. The zero-order valence-electron chi connectivity index (χ0n) is 16.0. The van der Waals surface area contributed by atoms with Gasteiger partial charge < -0.3 is 10.7 Å². The van der Waals surface area contributed by atoms with Crippen molar-refractivity contribution < 1.29 is 26.3 Å². The molecule has 2 aromatic heterocycles. The number of para-hydroxylation sites is 1. The Balaban J connectivity index is 2.01. The standard InChI is InChI=1S/C21H17F6N3S/c22-20(23,24)11-9-13(21(25,26)27)17-12(5-3-4-8-28)18(29-15(17)10-11)19-30-14-6-1-2-7-16(14)31-19/h1-2,6-7,9-10,29H,3-5,8,28H2. The van der Waals surface area contributed by atoms with Gasteiger partial charge in [-0.1, -0.05) is 12.1 Å². The van der Waals surface area contributed by atoms with Gasteiger partial charge >= 0.3 is 12.4 Å². The third kappa shape index (κ3) is 4.14. The summed E-state index contributed by atoms with van der Waals surface area (Å²) in [7, 11) is 0. The van der Waals surface area contributed by atoms with Gasteiger partial charge in [0.2, 0.25) is 0 Å². The minimum atomic E-state index is -4.95. The molecule has 164 valence electrons. The summed E-state index contributed by atoms with van der Waals surface area (Å²) in [5.74, 6) is 0. The zero-order chi connectivity index (χ0) is 22.4. The van der Waals surface area contributed by atoms with Gasteiger partial charge in [-0.25, -0.2) is 4.98 Å². The fraction of sp³-hybridized carbons (Fsp3) is 0.286.